The number of likely N-dealkylation sites (tertiary alicyclic amines) is 2. The van der Waals surface area contributed by atoms with E-state index in [9.17, 15) is 0 Å². The van der Waals surface area contributed by atoms with E-state index in [1.54, 1.807) is 5.96 Å². The van der Waals surface area contributed by atoms with Gasteiger partial charge in [0.25, 0.3) is 0 Å². The van der Waals surface area contributed by atoms with E-state index in [2.05, 4.69) is 14.4 Å². The van der Waals surface area contributed by atoms with Crippen molar-refractivity contribution in [2.75, 3.05) is 39.3 Å². The molecule has 3 rings (SSSR count). The van der Waals surface area contributed by atoms with E-state index in [-0.39, 0.29) is 23.4 Å². The number of hydrogen-bond donors (Lipinski definition) is 0. The Bertz CT molecular complexity index is 262. The maximum atomic E-state index is 2.65. The highest BCUT2D eigenvalue weighted by Crippen LogP contribution is 2.17. The fourth-order valence-corrected chi connectivity index (χ4v) is 3.35. The zero-order valence-corrected chi connectivity index (χ0v) is 12.5. The maximum absolute atomic E-state index is 2.65. The smallest absolute Gasteiger partial charge is 0.350 e. The van der Waals surface area contributed by atoms with Gasteiger partial charge in [-0.15, -0.1) is 0 Å². The van der Waals surface area contributed by atoms with Crippen LogP contribution in [0.1, 0.15) is 38.5 Å². The average Bonchev–Trinajstić information content (AvgIpc) is 3.02. The lowest BCUT2D eigenvalue weighted by Crippen LogP contribution is -3.00. The van der Waals surface area contributed by atoms with Gasteiger partial charge >= 0.3 is 5.96 Å². The lowest BCUT2D eigenvalue weighted by atomic mass is 10.4. The molecule has 0 unspecified atom stereocenters. The van der Waals surface area contributed by atoms with Crippen LogP contribution < -0.4 is 12.4 Å². The Hall–Kier alpha value is -0.520. The van der Waals surface area contributed by atoms with E-state index in [1.165, 1.54) is 77.8 Å². The first-order valence-electron chi connectivity index (χ1n) is 7.07. The topological polar surface area (TPSA) is 72.5 Å². The minimum Gasteiger partial charge on any atom is -1.00 e. The molecule has 3 fully saturated rings. The summed E-state index contributed by atoms with van der Waals surface area (Å²) in [5.41, 5.74) is 0. The van der Waals surface area contributed by atoms with E-state index in [1.807, 2.05) is 0 Å². The predicted molar refractivity (Wildman–Crippen MR) is 73.1 cm³/mol. The highest BCUT2D eigenvalue weighted by atomic mass is 35.5. The van der Waals surface area contributed by atoms with Crippen LogP contribution in [0.2, 0.25) is 0 Å². The normalized spacial score (nSPS) is 21.8. The predicted octanol–water partition coefficient (Wildman–Crippen LogP) is -3.31. The molecule has 4 N–H and O–H groups in total. The van der Waals surface area contributed by atoms with Gasteiger partial charge in [-0.3, -0.25) is 14.4 Å². The third kappa shape index (κ3) is 3.97. The molecule has 0 saturated carbocycles. The summed E-state index contributed by atoms with van der Waals surface area (Å²) >= 11 is 0. The monoisotopic (exact) mass is 293 g/mol. The molecule has 6 heteroatoms. The molecule has 5 nitrogen and oxygen atoms in total. The molecule has 3 aliphatic rings. The van der Waals surface area contributed by atoms with E-state index >= 15 is 0 Å². The van der Waals surface area contributed by atoms with Crippen molar-refractivity contribution >= 4 is 5.96 Å². The van der Waals surface area contributed by atoms with E-state index in [4.69, 9.17) is 0 Å². The maximum Gasteiger partial charge on any atom is 0.350 e. The van der Waals surface area contributed by atoms with Crippen molar-refractivity contribution in [3.63, 3.8) is 0 Å². The van der Waals surface area contributed by atoms with Crippen molar-refractivity contribution in [3.8, 4) is 0 Å². The summed E-state index contributed by atoms with van der Waals surface area (Å²) in [6.07, 6.45) is 8.36. The van der Waals surface area contributed by atoms with Crippen molar-refractivity contribution in [2.45, 2.75) is 38.5 Å². The molecule has 3 aliphatic heterocycles. The molecule has 0 bridgehead atoms. The third-order valence-electron chi connectivity index (χ3n) is 4.17. The van der Waals surface area contributed by atoms with Crippen molar-refractivity contribution < 1.29 is 27.9 Å². The van der Waals surface area contributed by atoms with Gasteiger partial charge in [-0.2, -0.15) is 0 Å². The molecular formula is C13H28ClN3O2. The van der Waals surface area contributed by atoms with E-state index in [0.717, 1.165) is 0 Å². The Morgan fingerprint density at radius 1 is 0.632 bits per heavy atom. The Morgan fingerprint density at radius 3 is 1.37 bits per heavy atom. The minimum absolute atomic E-state index is 0. The van der Waals surface area contributed by atoms with Crippen LogP contribution in [0, 0.1) is 0 Å². The number of nitrogens with zero attached hydrogens (tertiary/aromatic N) is 3. The molecule has 114 valence electrons. The Labute approximate surface area is 122 Å². The standard InChI is InChI=1S/C13H24N3.ClH.2H2O/c1-2-8-14(7-1)13(15-9-3-4-10-15)16-11-5-6-12-16;;;/h1-12H2;1H;2*1H2/q+1;;;/p-1. The second-order valence-electron chi connectivity index (χ2n) is 5.38. The Morgan fingerprint density at radius 2 is 1.00 bits per heavy atom. The van der Waals surface area contributed by atoms with Gasteiger partial charge in [-0.25, -0.2) is 0 Å². The van der Waals surface area contributed by atoms with Gasteiger partial charge in [0.1, 0.15) is 0 Å². The Kier molecular flexibility index (Phi) is 8.38. The molecule has 0 aliphatic carbocycles. The lowest BCUT2D eigenvalue weighted by molar-refractivity contribution is -0.516. The largest absolute Gasteiger partial charge is 1.00 e. The first kappa shape index (κ1) is 18.5. The second-order valence-corrected chi connectivity index (χ2v) is 5.38. The van der Waals surface area contributed by atoms with Crippen molar-refractivity contribution in [3.05, 3.63) is 0 Å². The molecule has 0 amide bonds. The van der Waals surface area contributed by atoms with Gasteiger partial charge in [0.2, 0.25) is 0 Å². The molecule has 0 aromatic carbocycles. The molecule has 3 saturated heterocycles. The zero-order chi connectivity index (χ0) is 10.8. The van der Waals surface area contributed by atoms with Crippen LogP contribution in [-0.4, -0.2) is 70.6 Å². The zero-order valence-electron chi connectivity index (χ0n) is 11.7. The fraction of sp³-hybridized carbons (Fsp3) is 0.923. The van der Waals surface area contributed by atoms with Gasteiger partial charge in [0.15, 0.2) is 0 Å². The molecule has 0 aromatic heterocycles. The van der Waals surface area contributed by atoms with Crippen LogP contribution in [0.4, 0.5) is 0 Å². The van der Waals surface area contributed by atoms with Gasteiger partial charge in [-0.1, -0.05) is 0 Å². The summed E-state index contributed by atoms with van der Waals surface area (Å²) < 4.78 is 2.65. The SMILES string of the molecule is C1CCN(C(N2CCCC2)=[N+]2CCCC2)C1.O.O.[Cl-]. The van der Waals surface area contributed by atoms with Crippen LogP contribution in [0.15, 0.2) is 0 Å². The molecule has 0 radical (unpaired) electrons. The third-order valence-corrected chi connectivity index (χ3v) is 4.17. The summed E-state index contributed by atoms with van der Waals surface area (Å²) in [6.45, 7) is 7.76. The summed E-state index contributed by atoms with van der Waals surface area (Å²) in [6, 6.07) is 0. The number of rotatable bonds is 0. The number of guanidine groups is 1. The van der Waals surface area contributed by atoms with Crippen LogP contribution in [-0.2, 0) is 0 Å². The Balaban J connectivity index is 0.00000108. The summed E-state index contributed by atoms with van der Waals surface area (Å²) in [4.78, 5) is 5.30. The first-order valence-corrected chi connectivity index (χ1v) is 7.07. The summed E-state index contributed by atoms with van der Waals surface area (Å²) in [5, 5.41) is 0. The van der Waals surface area contributed by atoms with Gasteiger partial charge in [0, 0.05) is 0 Å². The summed E-state index contributed by atoms with van der Waals surface area (Å²) in [5.74, 6) is 1.59. The molecule has 0 aromatic rings. The van der Waals surface area contributed by atoms with Crippen LogP contribution >= 0.6 is 0 Å². The van der Waals surface area contributed by atoms with Crippen LogP contribution in [0.3, 0.4) is 0 Å². The van der Waals surface area contributed by atoms with E-state index < -0.39 is 0 Å². The first-order chi connectivity index (χ1) is 7.95. The highest BCUT2D eigenvalue weighted by molar-refractivity contribution is 5.76. The number of hydrogen-bond acceptors (Lipinski definition) is 0. The van der Waals surface area contributed by atoms with Gasteiger partial charge in [0.05, 0.1) is 39.3 Å². The van der Waals surface area contributed by atoms with Crippen molar-refractivity contribution in [1.82, 2.24) is 9.80 Å². The molecular weight excluding hydrogens is 266 g/mol. The molecule has 3 heterocycles. The van der Waals surface area contributed by atoms with Crippen LogP contribution in [0.25, 0.3) is 0 Å². The highest BCUT2D eigenvalue weighted by Gasteiger charge is 2.33. The number of halogens is 1. The molecule has 0 spiro atoms. The summed E-state index contributed by atoms with van der Waals surface area (Å²) in [7, 11) is 0. The quantitative estimate of drug-likeness (QED) is 0.347. The second kappa shape index (κ2) is 8.61. The van der Waals surface area contributed by atoms with Crippen LogP contribution in [0.5, 0.6) is 0 Å². The average molecular weight is 294 g/mol. The minimum atomic E-state index is 0. The molecule has 0 atom stereocenters. The molecule has 19 heavy (non-hydrogen) atoms. The lowest BCUT2D eigenvalue weighted by Gasteiger charge is -2.23. The fourth-order valence-electron chi connectivity index (χ4n) is 3.35. The van der Waals surface area contributed by atoms with E-state index in [0.29, 0.717) is 0 Å². The van der Waals surface area contributed by atoms with Gasteiger partial charge in [-0.05, 0) is 38.5 Å². The van der Waals surface area contributed by atoms with Crippen molar-refractivity contribution in [1.29, 1.82) is 0 Å². The van der Waals surface area contributed by atoms with Crippen molar-refractivity contribution in [2.24, 2.45) is 0 Å². The van der Waals surface area contributed by atoms with Gasteiger partial charge < -0.3 is 23.4 Å².